The van der Waals surface area contributed by atoms with Gasteiger partial charge in [0, 0.05) is 30.2 Å². The molecule has 0 radical (unpaired) electrons. The second-order valence-corrected chi connectivity index (χ2v) is 7.47. The number of hydrogen-bond donors (Lipinski definition) is 0. The maximum atomic E-state index is 12.1. The molecule has 1 aliphatic rings. The second kappa shape index (κ2) is 5.35. The third-order valence-corrected chi connectivity index (χ3v) is 5.25. The van der Waals surface area contributed by atoms with Crippen molar-refractivity contribution in [3.05, 3.63) is 23.2 Å². The van der Waals surface area contributed by atoms with Crippen LogP contribution >= 0.6 is 34.7 Å². The predicted octanol–water partition coefficient (Wildman–Crippen LogP) is 3.33. The molecule has 1 fully saturated rings. The fourth-order valence-corrected chi connectivity index (χ4v) is 4.36. The fraction of sp³-hybridized carbons (Fsp3) is 0.308. The Morgan fingerprint density at radius 2 is 2.35 bits per heavy atom. The van der Waals surface area contributed by atoms with Gasteiger partial charge in [-0.3, -0.25) is 14.5 Å². The normalized spacial score (nSPS) is 19.0. The molecular weight excluding hydrogens is 316 g/mol. The number of fused-ring (bicyclic) bond motifs is 1. The average Bonchev–Trinajstić information content (AvgIpc) is 2.91. The van der Waals surface area contributed by atoms with Crippen LogP contribution in [0.4, 0.5) is 5.13 Å². The Bertz CT molecular complexity index is 701. The van der Waals surface area contributed by atoms with E-state index in [1.807, 2.05) is 12.1 Å². The van der Waals surface area contributed by atoms with Crippen molar-refractivity contribution in [2.24, 2.45) is 0 Å². The molecule has 1 amide bonds. The zero-order valence-electron chi connectivity index (χ0n) is 10.6. The van der Waals surface area contributed by atoms with Crippen LogP contribution in [0.15, 0.2) is 18.2 Å². The van der Waals surface area contributed by atoms with Crippen LogP contribution in [-0.4, -0.2) is 27.8 Å². The van der Waals surface area contributed by atoms with E-state index in [1.165, 1.54) is 30.0 Å². The molecule has 3 rings (SSSR count). The molecule has 0 N–H and O–H groups in total. The topological polar surface area (TPSA) is 50.3 Å². The first-order valence-corrected chi connectivity index (χ1v) is 8.14. The SMILES string of the molecule is CC(=O)SC1CC(=O)N(c2nc3ccc(Cl)cc3s2)C1. The van der Waals surface area contributed by atoms with Gasteiger partial charge in [-0.25, -0.2) is 4.98 Å². The molecule has 104 valence electrons. The molecule has 1 saturated heterocycles. The van der Waals surface area contributed by atoms with Crippen molar-refractivity contribution in [3.8, 4) is 0 Å². The highest BCUT2D eigenvalue weighted by molar-refractivity contribution is 8.14. The first-order chi connectivity index (χ1) is 9.52. The fourth-order valence-electron chi connectivity index (χ4n) is 2.18. The number of hydrogen-bond acceptors (Lipinski definition) is 5. The number of rotatable bonds is 2. The minimum absolute atomic E-state index is 0.0221. The molecule has 1 atom stereocenters. The summed E-state index contributed by atoms with van der Waals surface area (Å²) in [6.45, 7) is 2.06. The van der Waals surface area contributed by atoms with Gasteiger partial charge in [0.25, 0.3) is 0 Å². The summed E-state index contributed by atoms with van der Waals surface area (Å²) in [4.78, 5) is 29.3. The highest BCUT2D eigenvalue weighted by atomic mass is 35.5. The Labute approximate surface area is 129 Å². The number of benzene rings is 1. The molecule has 2 heterocycles. The average molecular weight is 327 g/mol. The van der Waals surface area contributed by atoms with E-state index >= 15 is 0 Å². The monoisotopic (exact) mass is 326 g/mol. The van der Waals surface area contributed by atoms with Crippen LogP contribution in [0.25, 0.3) is 10.2 Å². The molecule has 4 nitrogen and oxygen atoms in total. The standard InChI is InChI=1S/C13H11ClN2O2S2/c1-7(17)19-9-5-12(18)16(6-9)13-15-10-3-2-8(14)4-11(10)20-13/h2-4,9H,5-6H2,1H3. The van der Waals surface area contributed by atoms with Crippen molar-refractivity contribution >= 4 is 61.1 Å². The highest BCUT2D eigenvalue weighted by Gasteiger charge is 2.33. The molecular formula is C13H11ClN2O2S2. The lowest BCUT2D eigenvalue weighted by molar-refractivity contribution is -0.117. The van der Waals surface area contributed by atoms with E-state index in [-0.39, 0.29) is 16.3 Å². The van der Waals surface area contributed by atoms with Crippen molar-refractivity contribution < 1.29 is 9.59 Å². The number of carbonyl (C=O) groups excluding carboxylic acids is 2. The van der Waals surface area contributed by atoms with Gasteiger partial charge in [0.1, 0.15) is 0 Å². The molecule has 0 spiro atoms. The Kier molecular flexibility index (Phi) is 3.70. The van der Waals surface area contributed by atoms with E-state index in [1.54, 1.807) is 11.0 Å². The van der Waals surface area contributed by atoms with Crippen molar-refractivity contribution in [3.63, 3.8) is 0 Å². The Balaban J connectivity index is 1.87. The maximum absolute atomic E-state index is 12.1. The molecule has 0 saturated carbocycles. The minimum Gasteiger partial charge on any atom is -0.288 e. The number of thiazole rings is 1. The summed E-state index contributed by atoms with van der Waals surface area (Å²) in [5, 5.41) is 1.40. The van der Waals surface area contributed by atoms with Crippen molar-refractivity contribution in [2.75, 3.05) is 11.4 Å². The summed E-state index contributed by atoms with van der Waals surface area (Å²) in [6, 6.07) is 5.48. The van der Waals surface area contributed by atoms with Gasteiger partial charge in [0.05, 0.1) is 10.2 Å². The van der Waals surface area contributed by atoms with E-state index in [4.69, 9.17) is 11.6 Å². The zero-order valence-corrected chi connectivity index (χ0v) is 13.0. The summed E-state index contributed by atoms with van der Waals surface area (Å²) < 4.78 is 0.961. The number of aromatic nitrogens is 1. The number of anilines is 1. The summed E-state index contributed by atoms with van der Waals surface area (Å²) >= 11 is 8.63. The summed E-state index contributed by atoms with van der Waals surface area (Å²) in [5.74, 6) is 0.0221. The van der Waals surface area contributed by atoms with E-state index in [0.717, 1.165) is 10.2 Å². The van der Waals surface area contributed by atoms with Crippen molar-refractivity contribution in [1.82, 2.24) is 4.98 Å². The number of thioether (sulfide) groups is 1. The van der Waals surface area contributed by atoms with E-state index in [0.29, 0.717) is 23.1 Å². The van der Waals surface area contributed by atoms with Gasteiger partial charge in [-0.05, 0) is 18.2 Å². The van der Waals surface area contributed by atoms with Gasteiger partial charge in [0.15, 0.2) is 10.2 Å². The van der Waals surface area contributed by atoms with Crippen LogP contribution in [0.2, 0.25) is 5.02 Å². The summed E-state index contributed by atoms with van der Waals surface area (Å²) in [6.07, 6.45) is 0.390. The molecule has 2 aromatic rings. The maximum Gasteiger partial charge on any atom is 0.230 e. The highest BCUT2D eigenvalue weighted by Crippen LogP contribution is 2.34. The van der Waals surface area contributed by atoms with E-state index < -0.39 is 0 Å². The summed E-state index contributed by atoms with van der Waals surface area (Å²) in [7, 11) is 0. The Morgan fingerprint density at radius 1 is 1.55 bits per heavy atom. The number of carbonyl (C=O) groups is 2. The smallest absolute Gasteiger partial charge is 0.230 e. The van der Waals surface area contributed by atoms with Gasteiger partial charge < -0.3 is 0 Å². The molecule has 0 bridgehead atoms. The van der Waals surface area contributed by atoms with Crippen LogP contribution in [-0.2, 0) is 9.59 Å². The number of amides is 1. The van der Waals surface area contributed by atoms with Gasteiger partial charge >= 0.3 is 0 Å². The largest absolute Gasteiger partial charge is 0.288 e. The third-order valence-electron chi connectivity index (χ3n) is 2.99. The number of halogens is 1. The summed E-state index contributed by atoms with van der Waals surface area (Å²) in [5.41, 5.74) is 0.838. The third kappa shape index (κ3) is 2.68. The molecule has 20 heavy (non-hydrogen) atoms. The molecule has 1 aliphatic heterocycles. The van der Waals surface area contributed by atoms with E-state index in [9.17, 15) is 9.59 Å². The Morgan fingerprint density at radius 3 is 3.10 bits per heavy atom. The zero-order chi connectivity index (χ0) is 14.3. The number of nitrogens with zero attached hydrogens (tertiary/aromatic N) is 2. The molecule has 0 aliphatic carbocycles. The van der Waals surface area contributed by atoms with Crippen LogP contribution < -0.4 is 4.90 Å². The van der Waals surface area contributed by atoms with E-state index in [2.05, 4.69) is 4.98 Å². The van der Waals surface area contributed by atoms with Crippen molar-refractivity contribution in [2.45, 2.75) is 18.6 Å². The first kappa shape index (κ1) is 13.9. The van der Waals surface area contributed by atoms with Crippen molar-refractivity contribution in [1.29, 1.82) is 0 Å². The van der Waals surface area contributed by atoms with Crippen LogP contribution in [0.5, 0.6) is 0 Å². The first-order valence-electron chi connectivity index (χ1n) is 6.06. The predicted molar refractivity (Wildman–Crippen MR) is 83.7 cm³/mol. The van der Waals surface area contributed by atoms with Gasteiger partial charge in [0.2, 0.25) is 5.91 Å². The quantitative estimate of drug-likeness (QED) is 0.849. The minimum atomic E-state index is 0.0221. The lowest BCUT2D eigenvalue weighted by Gasteiger charge is -2.11. The second-order valence-electron chi connectivity index (χ2n) is 4.55. The molecule has 1 unspecified atom stereocenters. The van der Waals surface area contributed by atoms with Gasteiger partial charge in [-0.15, -0.1) is 0 Å². The molecule has 1 aromatic carbocycles. The van der Waals surface area contributed by atoms with Crippen LogP contribution in [0.1, 0.15) is 13.3 Å². The van der Waals surface area contributed by atoms with Crippen LogP contribution in [0, 0.1) is 0 Å². The Hall–Kier alpha value is -1.11. The molecule has 1 aromatic heterocycles. The molecule has 7 heteroatoms. The lowest BCUT2D eigenvalue weighted by atomic mass is 10.3. The van der Waals surface area contributed by atoms with Gasteiger partial charge in [-0.2, -0.15) is 0 Å². The van der Waals surface area contributed by atoms with Gasteiger partial charge in [-0.1, -0.05) is 34.7 Å². The lowest BCUT2D eigenvalue weighted by Crippen LogP contribution is -2.24. The van der Waals surface area contributed by atoms with Crippen LogP contribution in [0.3, 0.4) is 0 Å².